The molecule has 22 heavy (non-hydrogen) atoms. The van der Waals surface area contributed by atoms with Crippen molar-refractivity contribution in [2.24, 2.45) is 0 Å². The van der Waals surface area contributed by atoms with Crippen molar-refractivity contribution in [2.75, 3.05) is 33.5 Å². The van der Waals surface area contributed by atoms with E-state index in [4.69, 9.17) is 28.4 Å². The highest BCUT2D eigenvalue weighted by Crippen LogP contribution is 2.29. The Labute approximate surface area is 132 Å². The highest BCUT2D eigenvalue weighted by atomic mass is 16.7. The van der Waals surface area contributed by atoms with E-state index in [0.29, 0.717) is 26.4 Å². The van der Waals surface area contributed by atoms with Gasteiger partial charge < -0.3 is 28.4 Å². The molecule has 0 N–H and O–H groups in total. The van der Waals surface area contributed by atoms with E-state index in [1.54, 1.807) is 0 Å². The van der Waals surface area contributed by atoms with Gasteiger partial charge in [0.15, 0.2) is 12.4 Å². The number of methoxy groups -OCH3 is 1. The zero-order valence-electron chi connectivity index (χ0n) is 14.1. The van der Waals surface area contributed by atoms with Gasteiger partial charge in [-0.25, -0.2) is 0 Å². The number of esters is 1. The largest absolute Gasteiger partial charge is 0.457 e. The molecule has 1 fully saturated rings. The Bertz CT molecular complexity index is 323. The average molecular weight is 320 g/mol. The quantitative estimate of drug-likeness (QED) is 0.590. The highest BCUT2D eigenvalue weighted by Gasteiger charge is 2.49. The van der Waals surface area contributed by atoms with Crippen LogP contribution in [0.25, 0.3) is 0 Å². The van der Waals surface area contributed by atoms with Crippen LogP contribution in [0.15, 0.2) is 0 Å². The molecule has 0 radical (unpaired) electrons. The maximum Gasteiger partial charge on any atom is 0.303 e. The van der Waals surface area contributed by atoms with Crippen molar-refractivity contribution in [3.05, 3.63) is 0 Å². The molecule has 7 nitrogen and oxygen atoms in total. The van der Waals surface area contributed by atoms with Gasteiger partial charge in [-0.1, -0.05) is 0 Å². The molecule has 1 aliphatic heterocycles. The van der Waals surface area contributed by atoms with E-state index in [2.05, 4.69) is 0 Å². The van der Waals surface area contributed by atoms with Crippen LogP contribution < -0.4 is 0 Å². The number of ether oxygens (including phenoxy) is 6. The summed E-state index contributed by atoms with van der Waals surface area (Å²) in [5.74, 6) is -0.397. The molecular weight excluding hydrogens is 292 g/mol. The van der Waals surface area contributed by atoms with E-state index in [1.165, 1.54) is 14.0 Å². The number of carbonyl (C=O) groups is 1. The zero-order valence-corrected chi connectivity index (χ0v) is 14.1. The van der Waals surface area contributed by atoms with Crippen molar-refractivity contribution in [3.8, 4) is 0 Å². The third kappa shape index (κ3) is 5.17. The second-order valence-electron chi connectivity index (χ2n) is 4.85. The Morgan fingerprint density at radius 1 is 1.00 bits per heavy atom. The molecule has 1 heterocycles. The standard InChI is InChI=1S/C15H28O7/c1-6-18-9-11-12(19-7-2)13(21-10(4)16)14(20-8-3)15(17-5)22-11/h11-15H,6-9H2,1-5H3/t11-,12-,13+,14+,15+/m1/s1. The second kappa shape index (κ2) is 10.1. The van der Waals surface area contributed by atoms with Crippen LogP contribution in [-0.2, 0) is 33.2 Å². The number of hydrogen-bond acceptors (Lipinski definition) is 7. The van der Waals surface area contributed by atoms with Gasteiger partial charge in [-0.3, -0.25) is 4.79 Å². The van der Waals surface area contributed by atoms with Gasteiger partial charge in [0.05, 0.1) is 6.61 Å². The molecule has 0 unspecified atom stereocenters. The first-order valence-corrected chi connectivity index (χ1v) is 7.75. The molecule has 0 bridgehead atoms. The van der Waals surface area contributed by atoms with E-state index in [-0.39, 0.29) is 0 Å². The van der Waals surface area contributed by atoms with Crippen molar-refractivity contribution in [3.63, 3.8) is 0 Å². The number of rotatable bonds is 9. The molecule has 5 atom stereocenters. The van der Waals surface area contributed by atoms with Crippen LogP contribution in [0.1, 0.15) is 27.7 Å². The lowest BCUT2D eigenvalue weighted by atomic mass is 9.98. The Hall–Kier alpha value is -0.730. The summed E-state index contributed by atoms with van der Waals surface area (Å²) in [6.45, 7) is 8.80. The van der Waals surface area contributed by atoms with Gasteiger partial charge in [0.2, 0.25) is 0 Å². The molecule has 1 saturated heterocycles. The van der Waals surface area contributed by atoms with E-state index in [0.717, 1.165) is 0 Å². The van der Waals surface area contributed by atoms with E-state index in [9.17, 15) is 4.79 Å². The third-order valence-corrected chi connectivity index (χ3v) is 3.33. The topological polar surface area (TPSA) is 72.5 Å². The molecule has 0 aromatic rings. The lowest BCUT2D eigenvalue weighted by molar-refractivity contribution is -0.312. The van der Waals surface area contributed by atoms with E-state index < -0.39 is 36.7 Å². The van der Waals surface area contributed by atoms with Crippen molar-refractivity contribution < 1.29 is 33.2 Å². The Morgan fingerprint density at radius 3 is 2.14 bits per heavy atom. The second-order valence-corrected chi connectivity index (χ2v) is 4.85. The zero-order chi connectivity index (χ0) is 16.5. The lowest BCUT2D eigenvalue weighted by Gasteiger charge is -2.44. The summed E-state index contributed by atoms with van der Waals surface area (Å²) in [7, 11) is 1.53. The number of carbonyl (C=O) groups excluding carboxylic acids is 1. The summed E-state index contributed by atoms with van der Waals surface area (Å²) < 4.78 is 33.6. The van der Waals surface area contributed by atoms with Crippen LogP contribution in [0.3, 0.4) is 0 Å². The molecule has 1 aliphatic rings. The third-order valence-electron chi connectivity index (χ3n) is 3.33. The number of hydrogen-bond donors (Lipinski definition) is 0. The van der Waals surface area contributed by atoms with Crippen LogP contribution >= 0.6 is 0 Å². The normalized spacial score (nSPS) is 32.0. The predicted molar refractivity (Wildman–Crippen MR) is 78.5 cm³/mol. The van der Waals surface area contributed by atoms with Gasteiger partial charge in [-0.15, -0.1) is 0 Å². The van der Waals surface area contributed by atoms with E-state index in [1.807, 2.05) is 20.8 Å². The van der Waals surface area contributed by atoms with Crippen LogP contribution in [0.4, 0.5) is 0 Å². The molecule has 7 heteroatoms. The van der Waals surface area contributed by atoms with Gasteiger partial charge in [0, 0.05) is 33.9 Å². The van der Waals surface area contributed by atoms with Crippen LogP contribution in [0.5, 0.6) is 0 Å². The minimum absolute atomic E-state index is 0.331. The maximum atomic E-state index is 11.5. The van der Waals surface area contributed by atoms with Gasteiger partial charge >= 0.3 is 5.97 Å². The fraction of sp³-hybridized carbons (Fsp3) is 0.933. The fourth-order valence-electron chi connectivity index (χ4n) is 2.52. The van der Waals surface area contributed by atoms with Gasteiger partial charge in [0.1, 0.15) is 18.3 Å². The Morgan fingerprint density at radius 2 is 1.64 bits per heavy atom. The SMILES string of the molecule is CCOC[C@H]1O[C@H](OC)[C@@H](OCC)[C@@H](OC(C)=O)[C@@H]1OCC. The minimum atomic E-state index is -0.647. The van der Waals surface area contributed by atoms with Crippen LogP contribution in [0.2, 0.25) is 0 Å². The molecule has 0 aromatic heterocycles. The van der Waals surface area contributed by atoms with Gasteiger partial charge in [-0.2, -0.15) is 0 Å². The van der Waals surface area contributed by atoms with Gasteiger partial charge in [0.25, 0.3) is 0 Å². The summed E-state index contributed by atoms with van der Waals surface area (Å²) in [6.07, 6.45) is -2.67. The molecule has 0 spiro atoms. The van der Waals surface area contributed by atoms with Crippen molar-refractivity contribution in [2.45, 2.75) is 58.4 Å². The summed E-state index contributed by atoms with van der Waals surface area (Å²) in [4.78, 5) is 11.5. The Balaban J connectivity index is 3.00. The first kappa shape index (κ1) is 19.3. The minimum Gasteiger partial charge on any atom is -0.457 e. The molecule has 1 rings (SSSR count). The molecule has 0 aromatic carbocycles. The van der Waals surface area contributed by atoms with E-state index >= 15 is 0 Å². The summed E-state index contributed by atoms with van der Waals surface area (Å²) in [5, 5.41) is 0. The first-order chi connectivity index (χ1) is 10.6. The predicted octanol–water partition coefficient (Wildman–Crippen LogP) is 1.14. The highest BCUT2D eigenvalue weighted by molar-refractivity contribution is 5.66. The van der Waals surface area contributed by atoms with Crippen molar-refractivity contribution in [1.82, 2.24) is 0 Å². The van der Waals surface area contributed by atoms with Crippen molar-refractivity contribution in [1.29, 1.82) is 0 Å². The Kier molecular flexibility index (Phi) is 8.89. The van der Waals surface area contributed by atoms with Crippen LogP contribution in [0, 0.1) is 0 Å². The molecule has 0 saturated carbocycles. The fourth-order valence-corrected chi connectivity index (χ4v) is 2.52. The molecule has 130 valence electrons. The summed E-state index contributed by atoms with van der Waals surface area (Å²) in [6, 6.07) is 0. The van der Waals surface area contributed by atoms with Gasteiger partial charge in [-0.05, 0) is 20.8 Å². The smallest absolute Gasteiger partial charge is 0.303 e. The summed E-state index contributed by atoms with van der Waals surface area (Å²) >= 11 is 0. The maximum absolute atomic E-state index is 11.5. The molecule has 0 amide bonds. The molecular formula is C15H28O7. The lowest BCUT2D eigenvalue weighted by Crippen LogP contribution is -2.62. The molecule has 0 aliphatic carbocycles. The van der Waals surface area contributed by atoms with Crippen LogP contribution in [-0.4, -0.2) is 70.2 Å². The summed E-state index contributed by atoms with van der Waals surface area (Å²) in [5.41, 5.74) is 0. The van der Waals surface area contributed by atoms with Crippen molar-refractivity contribution >= 4 is 5.97 Å². The first-order valence-electron chi connectivity index (χ1n) is 7.75. The average Bonchev–Trinajstić information content (AvgIpc) is 2.49. The monoisotopic (exact) mass is 320 g/mol.